The molecule has 0 aliphatic carbocycles. The monoisotopic (exact) mass is 401 g/mol. The average Bonchev–Trinajstić information content (AvgIpc) is 3.18. The van der Waals surface area contributed by atoms with Crippen LogP contribution in [0.5, 0.6) is 0 Å². The largest absolute Gasteiger partial charge is 0.296 e. The van der Waals surface area contributed by atoms with Crippen molar-refractivity contribution >= 4 is 45.5 Å². The van der Waals surface area contributed by atoms with Crippen LogP contribution in [0.1, 0.15) is 20.2 Å². The second kappa shape index (κ2) is 7.98. The number of thiophene rings is 1. The topological polar surface area (TPSA) is 54.9 Å². The summed E-state index contributed by atoms with van der Waals surface area (Å²) in [6, 6.07) is 7.80. The Kier molecular flexibility index (Phi) is 5.71. The van der Waals surface area contributed by atoms with Gasteiger partial charge in [0.25, 0.3) is 11.7 Å². The standard InChI is InChI=1S/C15H10F3N3OS3/c16-9-4-2-1-3-8(9)7-11-20-21-15(25-11)19-13(22)12-10(5-6-23-12)24-14(17)18/h1-6,14H,7H2,(H,19,21,22). The zero-order chi connectivity index (χ0) is 17.8. The number of aromatic nitrogens is 2. The molecule has 1 amide bonds. The molecule has 130 valence electrons. The molecule has 0 saturated heterocycles. The SMILES string of the molecule is O=C(Nc1nnc(Cc2ccccc2F)s1)c1sccc1SC(F)F. The van der Waals surface area contributed by atoms with E-state index in [4.69, 9.17) is 0 Å². The zero-order valence-corrected chi connectivity index (χ0v) is 14.9. The van der Waals surface area contributed by atoms with Gasteiger partial charge in [-0.1, -0.05) is 41.3 Å². The first-order valence-corrected chi connectivity index (χ1v) is 9.50. The Bertz CT molecular complexity index is 882. The molecule has 3 rings (SSSR count). The van der Waals surface area contributed by atoms with Gasteiger partial charge in [-0.3, -0.25) is 10.1 Å². The van der Waals surface area contributed by atoms with E-state index in [0.717, 1.165) is 22.7 Å². The molecule has 0 aliphatic rings. The molecule has 1 N–H and O–H groups in total. The summed E-state index contributed by atoms with van der Waals surface area (Å²) in [4.78, 5) is 12.6. The number of thioether (sulfide) groups is 1. The van der Waals surface area contributed by atoms with Crippen molar-refractivity contribution in [2.24, 2.45) is 0 Å². The van der Waals surface area contributed by atoms with Gasteiger partial charge in [0, 0.05) is 11.3 Å². The van der Waals surface area contributed by atoms with Crippen molar-refractivity contribution in [3.8, 4) is 0 Å². The Balaban J connectivity index is 1.68. The zero-order valence-electron chi connectivity index (χ0n) is 12.4. The maximum Gasteiger partial charge on any atom is 0.288 e. The van der Waals surface area contributed by atoms with E-state index >= 15 is 0 Å². The van der Waals surface area contributed by atoms with Crippen LogP contribution in [-0.2, 0) is 6.42 Å². The third-order valence-corrected chi connectivity index (χ3v) is 5.69. The summed E-state index contributed by atoms with van der Waals surface area (Å²) in [5, 5.41) is 12.7. The van der Waals surface area contributed by atoms with Crippen LogP contribution >= 0.6 is 34.4 Å². The smallest absolute Gasteiger partial charge is 0.288 e. The Morgan fingerprint density at radius 3 is 2.80 bits per heavy atom. The average molecular weight is 401 g/mol. The number of nitrogens with zero attached hydrogens (tertiary/aromatic N) is 2. The molecule has 0 spiro atoms. The Hall–Kier alpha value is -1.91. The van der Waals surface area contributed by atoms with Gasteiger partial charge in [0.05, 0.1) is 0 Å². The molecule has 0 fully saturated rings. The first-order valence-electron chi connectivity index (χ1n) is 6.92. The number of alkyl halides is 2. The summed E-state index contributed by atoms with van der Waals surface area (Å²) in [7, 11) is 0. The van der Waals surface area contributed by atoms with E-state index in [0.29, 0.717) is 22.3 Å². The number of rotatable bonds is 6. The lowest BCUT2D eigenvalue weighted by atomic mass is 10.1. The molecule has 0 radical (unpaired) electrons. The number of anilines is 1. The van der Waals surface area contributed by atoms with Gasteiger partial charge in [-0.05, 0) is 23.1 Å². The summed E-state index contributed by atoms with van der Waals surface area (Å²) in [6.07, 6.45) is 0.256. The van der Waals surface area contributed by atoms with E-state index in [1.54, 1.807) is 23.6 Å². The second-order valence-corrected chi connectivity index (χ2v) is 7.73. The van der Waals surface area contributed by atoms with Crippen molar-refractivity contribution in [3.63, 3.8) is 0 Å². The van der Waals surface area contributed by atoms with Crippen molar-refractivity contribution in [2.75, 3.05) is 5.32 Å². The van der Waals surface area contributed by atoms with E-state index in [1.165, 1.54) is 12.1 Å². The molecule has 0 bridgehead atoms. The van der Waals surface area contributed by atoms with Crippen LogP contribution in [0.2, 0.25) is 0 Å². The predicted octanol–water partition coefficient (Wildman–Crippen LogP) is 4.90. The summed E-state index contributed by atoms with van der Waals surface area (Å²) < 4.78 is 38.6. The number of carbonyl (C=O) groups excluding carboxylic acids is 1. The van der Waals surface area contributed by atoms with Gasteiger partial charge < -0.3 is 0 Å². The number of benzene rings is 1. The van der Waals surface area contributed by atoms with Crippen molar-refractivity contribution in [1.29, 1.82) is 0 Å². The first kappa shape index (κ1) is 17.9. The lowest BCUT2D eigenvalue weighted by molar-refractivity contribution is 0.102. The molecule has 0 aliphatic heterocycles. The van der Waals surface area contributed by atoms with Crippen LogP contribution in [-0.4, -0.2) is 21.9 Å². The van der Waals surface area contributed by atoms with Crippen LogP contribution < -0.4 is 5.32 Å². The van der Waals surface area contributed by atoms with E-state index in [2.05, 4.69) is 15.5 Å². The molecule has 2 heterocycles. The highest BCUT2D eigenvalue weighted by Crippen LogP contribution is 2.32. The van der Waals surface area contributed by atoms with Crippen LogP contribution in [0.3, 0.4) is 0 Å². The molecule has 0 unspecified atom stereocenters. The maximum atomic E-state index is 13.7. The molecule has 0 atom stereocenters. The quantitative estimate of drug-likeness (QED) is 0.597. The fraction of sp³-hybridized carbons (Fsp3) is 0.133. The molecule has 10 heteroatoms. The highest BCUT2D eigenvalue weighted by molar-refractivity contribution is 7.99. The van der Waals surface area contributed by atoms with Gasteiger partial charge in [0.15, 0.2) is 0 Å². The lowest BCUT2D eigenvalue weighted by Gasteiger charge is -2.02. The maximum absolute atomic E-state index is 13.7. The third-order valence-electron chi connectivity index (χ3n) is 3.04. The van der Waals surface area contributed by atoms with E-state index in [9.17, 15) is 18.0 Å². The molecule has 2 aromatic heterocycles. The molecule has 1 aromatic carbocycles. The fourth-order valence-electron chi connectivity index (χ4n) is 1.99. The van der Waals surface area contributed by atoms with Crippen LogP contribution in [0.25, 0.3) is 0 Å². The van der Waals surface area contributed by atoms with Crippen LogP contribution in [0, 0.1) is 5.82 Å². The Morgan fingerprint density at radius 2 is 2.04 bits per heavy atom. The Morgan fingerprint density at radius 1 is 1.24 bits per heavy atom. The number of amides is 1. The van der Waals surface area contributed by atoms with Crippen molar-refractivity contribution in [2.45, 2.75) is 17.1 Å². The predicted molar refractivity (Wildman–Crippen MR) is 93.2 cm³/mol. The first-order chi connectivity index (χ1) is 12.0. The molecule has 0 saturated carbocycles. The summed E-state index contributed by atoms with van der Waals surface area (Å²) in [5.74, 6) is -3.46. The third kappa shape index (κ3) is 4.59. The van der Waals surface area contributed by atoms with Crippen molar-refractivity contribution in [3.05, 3.63) is 57.0 Å². The highest BCUT2D eigenvalue weighted by atomic mass is 32.2. The molecular formula is C15H10F3N3OS3. The van der Waals surface area contributed by atoms with E-state index in [1.807, 2.05) is 0 Å². The van der Waals surface area contributed by atoms with Gasteiger partial charge in [-0.2, -0.15) is 8.78 Å². The molecular weight excluding hydrogens is 391 g/mol. The van der Waals surface area contributed by atoms with Crippen LogP contribution in [0.4, 0.5) is 18.3 Å². The van der Waals surface area contributed by atoms with Gasteiger partial charge in [-0.25, -0.2) is 4.39 Å². The number of nitrogens with one attached hydrogen (secondary N) is 1. The second-order valence-electron chi connectivity index (χ2n) is 4.72. The van der Waals surface area contributed by atoms with E-state index < -0.39 is 11.7 Å². The molecule has 25 heavy (non-hydrogen) atoms. The number of carbonyl (C=O) groups is 1. The molecule has 4 nitrogen and oxygen atoms in total. The minimum absolute atomic E-state index is 0.191. The summed E-state index contributed by atoms with van der Waals surface area (Å²) in [5.41, 5.74) is 0.477. The van der Waals surface area contributed by atoms with Gasteiger partial charge in [0.2, 0.25) is 5.13 Å². The van der Waals surface area contributed by atoms with E-state index in [-0.39, 0.29) is 27.1 Å². The number of hydrogen-bond acceptors (Lipinski definition) is 6. The summed E-state index contributed by atoms with van der Waals surface area (Å²) >= 11 is 2.50. The Labute approximate surface area is 153 Å². The minimum atomic E-state index is -2.60. The van der Waals surface area contributed by atoms with Gasteiger partial charge in [0.1, 0.15) is 15.7 Å². The number of hydrogen-bond donors (Lipinski definition) is 1. The highest BCUT2D eigenvalue weighted by Gasteiger charge is 2.19. The van der Waals surface area contributed by atoms with Crippen LogP contribution in [0.15, 0.2) is 40.6 Å². The summed E-state index contributed by atoms with van der Waals surface area (Å²) in [6.45, 7) is 0. The molecule has 3 aromatic rings. The fourth-order valence-corrected chi connectivity index (χ4v) is 4.34. The van der Waals surface area contributed by atoms with Gasteiger partial charge in [-0.15, -0.1) is 21.5 Å². The van der Waals surface area contributed by atoms with Crippen molar-refractivity contribution < 1.29 is 18.0 Å². The minimum Gasteiger partial charge on any atom is -0.296 e. The van der Waals surface area contributed by atoms with Crippen molar-refractivity contribution in [1.82, 2.24) is 10.2 Å². The number of halogens is 3. The normalized spacial score (nSPS) is 11.0. The van der Waals surface area contributed by atoms with Gasteiger partial charge >= 0.3 is 0 Å². The lowest BCUT2D eigenvalue weighted by Crippen LogP contribution is -2.11.